The zero-order chi connectivity index (χ0) is 19.8. The summed E-state index contributed by atoms with van der Waals surface area (Å²) in [6.45, 7) is 5.44. The molecule has 0 fully saturated rings. The maximum absolute atomic E-state index is 12.0. The number of fused-ring (bicyclic) bond motifs is 1. The molecule has 0 unspecified atom stereocenters. The topological polar surface area (TPSA) is 67.2 Å². The summed E-state index contributed by atoms with van der Waals surface area (Å²) in [6.07, 6.45) is 0. The minimum Gasteiger partial charge on any atom is -0.436 e. The number of nitrogens with one attached hydrogen (secondary N) is 2. The van der Waals surface area contributed by atoms with Crippen LogP contribution < -0.4 is 10.6 Å². The molecule has 0 radical (unpaired) electrons. The van der Waals surface area contributed by atoms with Crippen molar-refractivity contribution in [3.63, 3.8) is 0 Å². The number of nitrogens with zero attached hydrogens (tertiary/aromatic N) is 1. The maximum Gasteiger partial charge on any atom is 0.231 e. The first-order valence-electron chi connectivity index (χ1n) is 8.12. The summed E-state index contributed by atoms with van der Waals surface area (Å²) in [4.78, 5) is 16.5. The molecule has 8 heteroatoms. The van der Waals surface area contributed by atoms with Crippen LogP contribution in [0.3, 0.4) is 0 Å². The van der Waals surface area contributed by atoms with E-state index in [-0.39, 0.29) is 11.0 Å². The van der Waals surface area contributed by atoms with Gasteiger partial charge in [-0.05, 0) is 42.5 Å². The predicted octanol–water partition coefficient (Wildman–Crippen LogP) is 5.66. The van der Waals surface area contributed by atoms with Gasteiger partial charge < -0.3 is 15.1 Å². The molecule has 0 aliphatic heterocycles. The first kappa shape index (κ1) is 19.6. The molecule has 27 heavy (non-hydrogen) atoms. The number of thiocarbonyl (C=S) groups is 1. The molecule has 0 aliphatic rings. The summed E-state index contributed by atoms with van der Waals surface area (Å²) in [5, 5.41) is 6.68. The fourth-order valence-electron chi connectivity index (χ4n) is 2.24. The first-order chi connectivity index (χ1) is 12.6. The molecule has 140 valence electrons. The molecule has 0 saturated carbocycles. The van der Waals surface area contributed by atoms with E-state index in [9.17, 15) is 4.79 Å². The SMILES string of the molecule is CC(C)(C)C(=O)NC(=S)Nc1ccc2oc(-c3cccc(Cl)c3Cl)nc2c1. The number of anilines is 1. The fourth-order valence-corrected chi connectivity index (χ4v) is 2.83. The van der Waals surface area contributed by atoms with Crippen molar-refractivity contribution in [3.05, 3.63) is 46.4 Å². The molecule has 2 N–H and O–H groups in total. The van der Waals surface area contributed by atoms with Crippen LogP contribution in [0, 0.1) is 5.41 Å². The summed E-state index contributed by atoms with van der Waals surface area (Å²) >= 11 is 17.5. The quantitative estimate of drug-likeness (QED) is 0.522. The van der Waals surface area contributed by atoms with Crippen molar-refractivity contribution in [2.24, 2.45) is 5.41 Å². The largest absolute Gasteiger partial charge is 0.436 e. The molecule has 0 aliphatic carbocycles. The third-order valence-electron chi connectivity index (χ3n) is 3.74. The van der Waals surface area contributed by atoms with E-state index in [1.807, 2.05) is 20.8 Å². The highest BCUT2D eigenvalue weighted by molar-refractivity contribution is 7.80. The third kappa shape index (κ3) is 4.40. The summed E-state index contributed by atoms with van der Waals surface area (Å²) in [6, 6.07) is 10.6. The minimum absolute atomic E-state index is 0.166. The lowest BCUT2D eigenvalue weighted by Crippen LogP contribution is -2.41. The van der Waals surface area contributed by atoms with Gasteiger partial charge in [-0.1, -0.05) is 50.0 Å². The number of amides is 1. The Balaban J connectivity index is 1.83. The van der Waals surface area contributed by atoms with Crippen molar-refractivity contribution >= 4 is 63.2 Å². The Labute approximate surface area is 172 Å². The normalized spacial score (nSPS) is 11.4. The molecule has 0 spiro atoms. The van der Waals surface area contributed by atoms with Crippen molar-refractivity contribution in [2.45, 2.75) is 20.8 Å². The second kappa shape index (κ2) is 7.46. The number of benzene rings is 2. The molecule has 1 heterocycles. The molecular formula is C19H17Cl2N3O2S. The van der Waals surface area contributed by atoms with Crippen LogP contribution in [0.2, 0.25) is 10.0 Å². The molecular weight excluding hydrogens is 405 g/mol. The van der Waals surface area contributed by atoms with E-state index < -0.39 is 5.41 Å². The van der Waals surface area contributed by atoms with Gasteiger partial charge in [0, 0.05) is 11.1 Å². The van der Waals surface area contributed by atoms with Crippen LogP contribution >= 0.6 is 35.4 Å². The van der Waals surface area contributed by atoms with E-state index in [1.54, 1.807) is 36.4 Å². The molecule has 5 nitrogen and oxygen atoms in total. The molecule has 2 aromatic carbocycles. The number of oxazole rings is 1. The Hall–Kier alpha value is -2.15. The Morgan fingerprint density at radius 3 is 2.63 bits per heavy atom. The van der Waals surface area contributed by atoms with E-state index in [1.165, 1.54) is 0 Å². The number of hydrogen-bond acceptors (Lipinski definition) is 4. The number of halogens is 2. The summed E-state index contributed by atoms with van der Waals surface area (Å²) < 4.78 is 5.77. The summed E-state index contributed by atoms with van der Waals surface area (Å²) in [5.74, 6) is 0.207. The minimum atomic E-state index is -0.535. The average molecular weight is 422 g/mol. The summed E-state index contributed by atoms with van der Waals surface area (Å²) in [7, 11) is 0. The lowest BCUT2D eigenvalue weighted by atomic mass is 9.96. The van der Waals surface area contributed by atoms with Crippen molar-refractivity contribution in [1.82, 2.24) is 10.3 Å². The van der Waals surface area contributed by atoms with Crippen LogP contribution in [0.4, 0.5) is 5.69 Å². The van der Waals surface area contributed by atoms with Gasteiger partial charge in [0.05, 0.1) is 15.6 Å². The highest BCUT2D eigenvalue weighted by atomic mass is 35.5. The van der Waals surface area contributed by atoms with Crippen molar-refractivity contribution in [1.29, 1.82) is 0 Å². The van der Waals surface area contributed by atoms with E-state index in [0.29, 0.717) is 38.3 Å². The second-order valence-corrected chi connectivity index (χ2v) is 8.15. The van der Waals surface area contributed by atoms with Gasteiger partial charge in [0.15, 0.2) is 10.7 Å². The van der Waals surface area contributed by atoms with Crippen LogP contribution in [0.25, 0.3) is 22.6 Å². The van der Waals surface area contributed by atoms with Crippen LogP contribution in [-0.2, 0) is 4.79 Å². The lowest BCUT2D eigenvalue weighted by molar-refractivity contribution is -0.126. The molecule has 1 aromatic heterocycles. The monoisotopic (exact) mass is 421 g/mol. The Bertz CT molecular complexity index is 1040. The molecule has 0 bridgehead atoms. The third-order valence-corrected chi connectivity index (χ3v) is 4.76. The molecule has 3 aromatic rings. The van der Waals surface area contributed by atoms with Crippen molar-refractivity contribution in [2.75, 3.05) is 5.32 Å². The van der Waals surface area contributed by atoms with E-state index in [4.69, 9.17) is 39.8 Å². The highest BCUT2D eigenvalue weighted by Gasteiger charge is 2.22. The standard InChI is InChI=1S/C19H17Cl2N3O2S/c1-19(2,3)17(25)24-18(27)22-10-7-8-14-13(9-10)23-16(26-14)11-5-4-6-12(20)15(11)21/h4-9H,1-3H3,(H2,22,24,25,27). The molecule has 1 amide bonds. The number of hydrogen-bond donors (Lipinski definition) is 2. The maximum atomic E-state index is 12.0. The zero-order valence-electron chi connectivity index (χ0n) is 14.9. The van der Waals surface area contributed by atoms with Crippen LogP contribution in [-0.4, -0.2) is 16.0 Å². The smallest absolute Gasteiger partial charge is 0.231 e. The van der Waals surface area contributed by atoms with Crippen molar-refractivity contribution in [3.8, 4) is 11.5 Å². The Morgan fingerprint density at radius 2 is 1.93 bits per heavy atom. The van der Waals surface area contributed by atoms with Crippen LogP contribution in [0.15, 0.2) is 40.8 Å². The molecule has 0 saturated heterocycles. The van der Waals surface area contributed by atoms with Gasteiger partial charge in [-0.15, -0.1) is 0 Å². The zero-order valence-corrected chi connectivity index (χ0v) is 17.2. The predicted molar refractivity (Wildman–Crippen MR) is 113 cm³/mol. The second-order valence-electron chi connectivity index (χ2n) is 6.96. The number of carbonyl (C=O) groups is 1. The van der Waals surface area contributed by atoms with Gasteiger partial charge in [0.2, 0.25) is 11.8 Å². The number of carbonyl (C=O) groups excluding carboxylic acids is 1. The first-order valence-corrected chi connectivity index (χ1v) is 9.29. The van der Waals surface area contributed by atoms with Gasteiger partial charge in [0.1, 0.15) is 5.52 Å². The van der Waals surface area contributed by atoms with Crippen LogP contribution in [0.5, 0.6) is 0 Å². The van der Waals surface area contributed by atoms with Gasteiger partial charge in [0.25, 0.3) is 0 Å². The Morgan fingerprint density at radius 1 is 1.19 bits per heavy atom. The fraction of sp³-hybridized carbons (Fsp3) is 0.211. The average Bonchev–Trinajstić information content (AvgIpc) is 2.99. The van der Waals surface area contributed by atoms with Crippen LogP contribution in [0.1, 0.15) is 20.8 Å². The van der Waals surface area contributed by atoms with Gasteiger partial charge in [-0.3, -0.25) is 4.79 Å². The summed E-state index contributed by atoms with van der Waals surface area (Å²) in [5.41, 5.74) is 1.97. The lowest BCUT2D eigenvalue weighted by Gasteiger charge is -2.18. The van der Waals surface area contributed by atoms with Gasteiger partial charge in [-0.2, -0.15) is 0 Å². The molecule has 3 rings (SSSR count). The Kier molecular flexibility index (Phi) is 5.42. The van der Waals surface area contributed by atoms with Crippen molar-refractivity contribution < 1.29 is 9.21 Å². The van der Waals surface area contributed by atoms with Gasteiger partial charge in [-0.25, -0.2) is 4.98 Å². The van der Waals surface area contributed by atoms with E-state index in [2.05, 4.69) is 15.6 Å². The number of aromatic nitrogens is 1. The molecule has 0 atom stereocenters. The van der Waals surface area contributed by atoms with E-state index >= 15 is 0 Å². The highest BCUT2D eigenvalue weighted by Crippen LogP contribution is 2.34. The number of rotatable bonds is 2. The van der Waals surface area contributed by atoms with Gasteiger partial charge >= 0.3 is 0 Å². The van der Waals surface area contributed by atoms with E-state index in [0.717, 1.165) is 0 Å².